The molecule has 0 aliphatic carbocycles. The van der Waals surface area contributed by atoms with Gasteiger partial charge in [0.05, 0.1) is 11.1 Å². The zero-order chi connectivity index (χ0) is 27.4. The molecule has 0 saturated carbocycles. The Hall–Kier alpha value is -3.34. The van der Waals surface area contributed by atoms with E-state index in [2.05, 4.69) is 46.8 Å². The number of hydrogen-bond acceptors (Lipinski definition) is 2. The Morgan fingerprint density at radius 1 is 0.500 bits per heavy atom. The van der Waals surface area contributed by atoms with Crippen molar-refractivity contribution in [2.45, 2.75) is 76.2 Å². The van der Waals surface area contributed by atoms with E-state index in [1.54, 1.807) is 0 Å². The van der Waals surface area contributed by atoms with Gasteiger partial charge in [0.1, 0.15) is 0 Å². The van der Waals surface area contributed by atoms with Gasteiger partial charge in [0.15, 0.2) is 0 Å². The van der Waals surface area contributed by atoms with E-state index < -0.39 is 11.9 Å². The molecule has 0 unspecified atom stereocenters. The second-order valence-corrected chi connectivity index (χ2v) is 10.4. The summed E-state index contributed by atoms with van der Waals surface area (Å²) in [5, 5.41) is 20.4. The highest BCUT2D eigenvalue weighted by molar-refractivity contribution is 6.97. The van der Waals surface area contributed by atoms with Crippen molar-refractivity contribution in [3.8, 4) is 0 Å². The van der Waals surface area contributed by atoms with Gasteiger partial charge in [-0.3, -0.25) is 0 Å². The Labute approximate surface area is 215 Å². The molecule has 0 aliphatic heterocycles. The van der Waals surface area contributed by atoms with Crippen LogP contribution in [0.25, 0.3) is 0 Å². The van der Waals surface area contributed by atoms with Gasteiger partial charge in [-0.25, -0.2) is 9.59 Å². The summed E-state index contributed by atoms with van der Waals surface area (Å²) in [6, 6.07) is 4.31. The van der Waals surface area contributed by atoms with Crippen LogP contribution in [0.1, 0.15) is 81.9 Å². The fourth-order valence-corrected chi connectivity index (χ4v) is 6.32. The third kappa shape index (κ3) is 4.15. The van der Waals surface area contributed by atoms with Crippen LogP contribution in [0.5, 0.6) is 0 Å². The number of benzene rings is 3. The van der Waals surface area contributed by atoms with Crippen molar-refractivity contribution in [1.82, 2.24) is 0 Å². The highest BCUT2D eigenvalue weighted by Gasteiger charge is 2.35. The SMILES string of the molecule is Cc1cc(C)c(B(c2c(C)c(C)c(C)c(C(=O)O)c2C)c2c(C)c(C)c(C)c(C(=O)O)c2C)c(C)c1. The van der Waals surface area contributed by atoms with Crippen molar-refractivity contribution in [1.29, 1.82) is 0 Å². The Kier molecular flexibility index (Phi) is 7.28. The smallest absolute Gasteiger partial charge is 0.336 e. The van der Waals surface area contributed by atoms with Crippen LogP contribution in [0.3, 0.4) is 0 Å². The van der Waals surface area contributed by atoms with Gasteiger partial charge in [-0.15, -0.1) is 0 Å². The Morgan fingerprint density at radius 2 is 0.833 bits per heavy atom. The third-order valence-corrected chi connectivity index (χ3v) is 8.40. The summed E-state index contributed by atoms with van der Waals surface area (Å²) in [7, 11) is 0. The highest BCUT2D eigenvalue weighted by atomic mass is 16.4. The molecule has 0 fully saturated rings. The highest BCUT2D eigenvalue weighted by Crippen LogP contribution is 2.25. The number of carbonyl (C=O) groups is 2. The minimum atomic E-state index is -0.940. The summed E-state index contributed by atoms with van der Waals surface area (Å²) in [4.78, 5) is 24.9. The quantitative estimate of drug-likeness (QED) is 0.501. The van der Waals surface area contributed by atoms with Crippen molar-refractivity contribution >= 4 is 35.0 Å². The van der Waals surface area contributed by atoms with E-state index in [4.69, 9.17) is 0 Å². The topological polar surface area (TPSA) is 74.6 Å². The molecule has 0 aromatic heterocycles. The molecule has 0 bridgehead atoms. The third-order valence-electron chi connectivity index (χ3n) is 8.40. The molecule has 0 aliphatic rings. The van der Waals surface area contributed by atoms with Gasteiger partial charge in [0.25, 0.3) is 0 Å². The van der Waals surface area contributed by atoms with Crippen LogP contribution in [-0.2, 0) is 0 Å². The first-order chi connectivity index (χ1) is 16.6. The van der Waals surface area contributed by atoms with E-state index >= 15 is 0 Å². The summed E-state index contributed by atoms with van der Waals surface area (Å²) in [6.07, 6.45) is 0. The van der Waals surface area contributed by atoms with E-state index in [9.17, 15) is 19.8 Å². The monoisotopic (exact) mass is 484 g/mol. The fraction of sp³-hybridized carbons (Fsp3) is 0.355. The van der Waals surface area contributed by atoms with Crippen molar-refractivity contribution in [2.75, 3.05) is 0 Å². The minimum Gasteiger partial charge on any atom is -0.478 e. The largest absolute Gasteiger partial charge is 0.478 e. The van der Waals surface area contributed by atoms with Gasteiger partial charge in [0.2, 0.25) is 6.71 Å². The van der Waals surface area contributed by atoms with Crippen molar-refractivity contribution in [3.05, 3.63) is 84.5 Å². The predicted molar refractivity (Wildman–Crippen MR) is 150 cm³/mol. The maximum atomic E-state index is 12.4. The molecule has 0 radical (unpaired) electrons. The average Bonchev–Trinajstić information content (AvgIpc) is 2.75. The van der Waals surface area contributed by atoms with Crippen LogP contribution < -0.4 is 16.4 Å². The predicted octanol–water partition coefficient (Wildman–Crippen LogP) is 4.99. The molecule has 3 rings (SSSR count). The lowest BCUT2D eigenvalue weighted by Gasteiger charge is -2.30. The molecule has 0 atom stereocenters. The van der Waals surface area contributed by atoms with E-state index in [1.165, 1.54) is 0 Å². The molecule has 3 aromatic carbocycles. The molecular formula is C31H37BO4. The second-order valence-electron chi connectivity index (χ2n) is 10.4. The standard InChI is InChI=1S/C31H37BO4/c1-14-12-15(2)27(16(3)13-14)32(28-21(8)17(4)19(6)25(23(28)10)30(33)34)29-22(9)18(5)20(7)26(24(29)11)31(35)36/h12-13H,1-11H3,(H,33,34)(H,35,36). The minimum absolute atomic E-state index is 0.305. The Bertz CT molecular complexity index is 1340. The van der Waals surface area contributed by atoms with E-state index in [0.29, 0.717) is 11.1 Å². The lowest BCUT2D eigenvalue weighted by Crippen LogP contribution is -2.58. The molecule has 0 saturated heterocycles. The van der Waals surface area contributed by atoms with Gasteiger partial charge in [-0.05, 0) is 110 Å². The van der Waals surface area contributed by atoms with Gasteiger partial charge in [0, 0.05) is 0 Å². The molecule has 4 nitrogen and oxygen atoms in total. The van der Waals surface area contributed by atoms with Gasteiger partial charge in [-0.1, -0.05) is 56.3 Å². The number of carboxylic acids is 2. The zero-order valence-corrected chi connectivity index (χ0v) is 23.4. The molecule has 2 N–H and O–H groups in total. The molecule has 5 heteroatoms. The van der Waals surface area contributed by atoms with Crippen LogP contribution >= 0.6 is 0 Å². The number of carboxylic acid groups (broad SMARTS) is 2. The first-order valence-corrected chi connectivity index (χ1v) is 12.4. The van der Waals surface area contributed by atoms with Crippen LogP contribution in [0.2, 0.25) is 0 Å². The summed E-state index contributed by atoms with van der Waals surface area (Å²) in [5.41, 5.74) is 14.1. The number of aromatic carboxylic acids is 2. The summed E-state index contributed by atoms with van der Waals surface area (Å²) >= 11 is 0. The zero-order valence-electron chi connectivity index (χ0n) is 23.4. The van der Waals surface area contributed by atoms with E-state index in [0.717, 1.165) is 77.6 Å². The van der Waals surface area contributed by atoms with Crippen LogP contribution in [0.15, 0.2) is 12.1 Å². The summed E-state index contributed by atoms with van der Waals surface area (Å²) in [5.74, 6) is -1.88. The molecule has 36 heavy (non-hydrogen) atoms. The van der Waals surface area contributed by atoms with Gasteiger partial charge in [-0.2, -0.15) is 0 Å². The maximum Gasteiger partial charge on any atom is 0.336 e. The van der Waals surface area contributed by atoms with E-state index in [-0.39, 0.29) is 6.71 Å². The second kappa shape index (κ2) is 9.61. The number of rotatable bonds is 5. The van der Waals surface area contributed by atoms with Crippen LogP contribution in [0, 0.1) is 76.2 Å². The first-order valence-electron chi connectivity index (χ1n) is 12.4. The molecule has 0 amide bonds. The number of aryl methyl sites for hydroxylation is 3. The van der Waals surface area contributed by atoms with Crippen molar-refractivity contribution in [2.24, 2.45) is 0 Å². The summed E-state index contributed by atoms with van der Waals surface area (Å²) < 4.78 is 0. The fourth-order valence-electron chi connectivity index (χ4n) is 6.32. The normalized spacial score (nSPS) is 11.1. The Balaban J connectivity index is 2.69. The summed E-state index contributed by atoms with van der Waals surface area (Å²) in [6.45, 7) is 21.6. The lowest BCUT2D eigenvalue weighted by atomic mass is 9.32. The maximum absolute atomic E-state index is 12.4. The first kappa shape index (κ1) is 27.3. The molecule has 0 spiro atoms. The molecule has 0 heterocycles. The van der Waals surface area contributed by atoms with Gasteiger partial charge >= 0.3 is 11.9 Å². The number of hydrogen-bond donors (Lipinski definition) is 2. The molecule has 188 valence electrons. The molecule has 3 aromatic rings. The average molecular weight is 484 g/mol. The van der Waals surface area contributed by atoms with Crippen molar-refractivity contribution in [3.63, 3.8) is 0 Å². The van der Waals surface area contributed by atoms with Crippen molar-refractivity contribution < 1.29 is 19.8 Å². The van der Waals surface area contributed by atoms with Crippen LogP contribution in [-0.4, -0.2) is 28.9 Å². The van der Waals surface area contributed by atoms with Crippen LogP contribution in [0.4, 0.5) is 0 Å². The Morgan fingerprint density at radius 3 is 1.14 bits per heavy atom. The van der Waals surface area contributed by atoms with Gasteiger partial charge < -0.3 is 10.2 Å². The molecular weight excluding hydrogens is 447 g/mol. The lowest BCUT2D eigenvalue weighted by molar-refractivity contribution is 0.0684. The van der Waals surface area contributed by atoms with E-state index in [1.807, 2.05) is 41.5 Å².